The van der Waals surface area contributed by atoms with E-state index in [9.17, 15) is 9.90 Å². The van der Waals surface area contributed by atoms with Gasteiger partial charge in [0, 0.05) is 0 Å². The highest BCUT2D eigenvalue weighted by atomic mass is 16.4. The number of carbonyl (C=O) groups is 1. The second-order valence-corrected chi connectivity index (χ2v) is 4.62. The standard InChI is InChI=1S/C11H20O3/c1-11(14,10(12)13)8-7-9-5-3-2-4-6-9/h9,14H,2-8H2,1H3,(H,12,13). The lowest BCUT2D eigenvalue weighted by Gasteiger charge is -2.25. The molecule has 0 saturated heterocycles. The van der Waals surface area contributed by atoms with Gasteiger partial charge >= 0.3 is 5.97 Å². The van der Waals surface area contributed by atoms with Gasteiger partial charge in [-0.3, -0.25) is 0 Å². The van der Waals surface area contributed by atoms with Crippen molar-refractivity contribution in [2.75, 3.05) is 0 Å². The predicted octanol–water partition coefficient (Wildman–Crippen LogP) is 2.18. The number of carboxylic acid groups (broad SMARTS) is 1. The van der Waals surface area contributed by atoms with Crippen LogP contribution >= 0.6 is 0 Å². The minimum atomic E-state index is -1.53. The lowest BCUT2D eigenvalue weighted by Crippen LogP contribution is -2.35. The zero-order valence-electron chi connectivity index (χ0n) is 8.83. The fraction of sp³-hybridized carbons (Fsp3) is 0.909. The Hall–Kier alpha value is -0.570. The fourth-order valence-corrected chi connectivity index (χ4v) is 2.07. The molecule has 0 aromatic carbocycles. The summed E-state index contributed by atoms with van der Waals surface area (Å²) in [5, 5.41) is 18.2. The Bertz CT molecular complexity index is 193. The zero-order chi connectivity index (χ0) is 10.6. The van der Waals surface area contributed by atoms with Crippen molar-refractivity contribution in [2.45, 2.75) is 57.5 Å². The molecule has 0 spiro atoms. The first kappa shape index (κ1) is 11.5. The van der Waals surface area contributed by atoms with E-state index in [2.05, 4.69) is 0 Å². The Morgan fingerprint density at radius 3 is 2.43 bits per heavy atom. The van der Waals surface area contributed by atoms with Crippen LogP contribution in [0.3, 0.4) is 0 Å². The van der Waals surface area contributed by atoms with Crippen LogP contribution in [0.2, 0.25) is 0 Å². The topological polar surface area (TPSA) is 57.5 Å². The van der Waals surface area contributed by atoms with Gasteiger partial charge < -0.3 is 10.2 Å². The van der Waals surface area contributed by atoms with Crippen LogP contribution in [-0.4, -0.2) is 21.8 Å². The molecule has 1 saturated carbocycles. The van der Waals surface area contributed by atoms with Gasteiger partial charge in [0.15, 0.2) is 5.60 Å². The third-order valence-electron chi connectivity index (χ3n) is 3.22. The SMILES string of the molecule is CC(O)(CCC1CCCCC1)C(=O)O. The molecule has 0 aromatic rings. The first-order valence-corrected chi connectivity index (χ1v) is 5.48. The zero-order valence-corrected chi connectivity index (χ0v) is 8.83. The van der Waals surface area contributed by atoms with Crippen molar-refractivity contribution in [2.24, 2.45) is 5.92 Å². The maximum absolute atomic E-state index is 10.6. The molecule has 14 heavy (non-hydrogen) atoms. The number of aliphatic carboxylic acids is 1. The Balaban J connectivity index is 2.28. The van der Waals surface area contributed by atoms with Gasteiger partial charge in [0.1, 0.15) is 0 Å². The van der Waals surface area contributed by atoms with Gasteiger partial charge in [-0.15, -0.1) is 0 Å². The quantitative estimate of drug-likeness (QED) is 0.731. The second kappa shape index (κ2) is 4.78. The van der Waals surface area contributed by atoms with E-state index in [1.165, 1.54) is 39.0 Å². The molecule has 1 aliphatic rings. The largest absolute Gasteiger partial charge is 0.479 e. The van der Waals surface area contributed by atoms with Crippen molar-refractivity contribution in [1.29, 1.82) is 0 Å². The normalized spacial score (nSPS) is 23.0. The van der Waals surface area contributed by atoms with Gasteiger partial charge in [-0.1, -0.05) is 32.1 Å². The fourth-order valence-electron chi connectivity index (χ4n) is 2.07. The first-order valence-electron chi connectivity index (χ1n) is 5.48. The summed E-state index contributed by atoms with van der Waals surface area (Å²) in [7, 11) is 0. The molecule has 3 heteroatoms. The molecule has 2 N–H and O–H groups in total. The monoisotopic (exact) mass is 200 g/mol. The number of carboxylic acids is 1. The van der Waals surface area contributed by atoms with E-state index in [1.807, 2.05) is 0 Å². The van der Waals surface area contributed by atoms with Crippen molar-refractivity contribution in [3.05, 3.63) is 0 Å². The van der Waals surface area contributed by atoms with Gasteiger partial charge in [0.25, 0.3) is 0 Å². The second-order valence-electron chi connectivity index (χ2n) is 4.62. The highest BCUT2D eigenvalue weighted by molar-refractivity contribution is 5.76. The number of rotatable bonds is 4. The molecule has 1 atom stereocenters. The molecular formula is C11H20O3. The van der Waals surface area contributed by atoms with Gasteiger partial charge in [-0.25, -0.2) is 4.79 Å². The lowest BCUT2D eigenvalue weighted by atomic mass is 9.83. The third kappa shape index (κ3) is 3.29. The van der Waals surface area contributed by atoms with E-state index in [0.717, 1.165) is 6.42 Å². The molecule has 1 unspecified atom stereocenters. The summed E-state index contributed by atoms with van der Waals surface area (Å²) in [6.45, 7) is 1.39. The number of aliphatic hydroxyl groups is 1. The van der Waals surface area contributed by atoms with E-state index in [4.69, 9.17) is 5.11 Å². The van der Waals surface area contributed by atoms with Crippen molar-refractivity contribution >= 4 is 5.97 Å². The molecule has 1 rings (SSSR count). The van der Waals surface area contributed by atoms with Crippen LogP contribution in [0.4, 0.5) is 0 Å². The summed E-state index contributed by atoms with van der Waals surface area (Å²) in [5.41, 5.74) is -1.53. The summed E-state index contributed by atoms with van der Waals surface area (Å²) < 4.78 is 0. The van der Waals surface area contributed by atoms with Gasteiger partial charge in [0.2, 0.25) is 0 Å². The maximum atomic E-state index is 10.6. The summed E-state index contributed by atoms with van der Waals surface area (Å²) in [6.07, 6.45) is 7.48. The van der Waals surface area contributed by atoms with Gasteiger partial charge in [0.05, 0.1) is 0 Å². The highest BCUT2D eigenvalue weighted by Gasteiger charge is 2.30. The van der Waals surface area contributed by atoms with E-state index < -0.39 is 11.6 Å². The molecule has 3 nitrogen and oxygen atoms in total. The Labute approximate surface area is 85.1 Å². The van der Waals surface area contributed by atoms with Crippen LogP contribution < -0.4 is 0 Å². The van der Waals surface area contributed by atoms with Crippen LogP contribution in [0.15, 0.2) is 0 Å². The first-order chi connectivity index (χ1) is 6.52. The molecule has 0 aromatic heterocycles. The van der Waals surface area contributed by atoms with E-state index in [0.29, 0.717) is 12.3 Å². The van der Waals surface area contributed by atoms with Crippen LogP contribution in [0, 0.1) is 5.92 Å². The number of hydrogen-bond donors (Lipinski definition) is 2. The molecule has 1 aliphatic carbocycles. The van der Waals surface area contributed by atoms with E-state index in [1.54, 1.807) is 0 Å². The molecule has 0 radical (unpaired) electrons. The maximum Gasteiger partial charge on any atom is 0.335 e. The molecule has 0 aliphatic heterocycles. The minimum Gasteiger partial charge on any atom is -0.479 e. The van der Waals surface area contributed by atoms with Crippen molar-refractivity contribution in [3.8, 4) is 0 Å². The summed E-state index contributed by atoms with van der Waals surface area (Å²) in [4.78, 5) is 10.6. The van der Waals surface area contributed by atoms with Crippen LogP contribution in [0.25, 0.3) is 0 Å². The summed E-state index contributed by atoms with van der Waals surface area (Å²) in [5.74, 6) is -0.470. The van der Waals surface area contributed by atoms with E-state index >= 15 is 0 Å². The molecule has 1 fully saturated rings. The molecule has 82 valence electrons. The Kier molecular flexibility index (Phi) is 3.93. The van der Waals surface area contributed by atoms with E-state index in [-0.39, 0.29) is 0 Å². The summed E-state index contributed by atoms with van der Waals surface area (Å²) >= 11 is 0. The molecule has 0 bridgehead atoms. The Morgan fingerprint density at radius 1 is 1.36 bits per heavy atom. The van der Waals surface area contributed by atoms with Crippen LogP contribution in [0.5, 0.6) is 0 Å². The van der Waals surface area contributed by atoms with Gasteiger partial charge in [-0.05, 0) is 25.7 Å². The van der Waals surface area contributed by atoms with Crippen molar-refractivity contribution < 1.29 is 15.0 Å². The minimum absolute atomic E-state index is 0.382. The molecule has 0 heterocycles. The average molecular weight is 200 g/mol. The summed E-state index contributed by atoms with van der Waals surface area (Å²) in [6, 6.07) is 0. The number of hydrogen-bond acceptors (Lipinski definition) is 2. The average Bonchev–Trinajstić information content (AvgIpc) is 2.16. The lowest BCUT2D eigenvalue weighted by molar-refractivity contribution is -0.157. The predicted molar refractivity (Wildman–Crippen MR) is 54.1 cm³/mol. The van der Waals surface area contributed by atoms with Gasteiger partial charge in [-0.2, -0.15) is 0 Å². The molecule has 0 amide bonds. The smallest absolute Gasteiger partial charge is 0.335 e. The Morgan fingerprint density at radius 2 is 1.93 bits per heavy atom. The van der Waals surface area contributed by atoms with Crippen molar-refractivity contribution in [3.63, 3.8) is 0 Å². The van der Waals surface area contributed by atoms with Crippen LogP contribution in [0.1, 0.15) is 51.9 Å². The highest BCUT2D eigenvalue weighted by Crippen LogP contribution is 2.29. The third-order valence-corrected chi connectivity index (χ3v) is 3.22. The van der Waals surface area contributed by atoms with Crippen molar-refractivity contribution in [1.82, 2.24) is 0 Å². The van der Waals surface area contributed by atoms with Crippen LogP contribution in [-0.2, 0) is 4.79 Å². The molecular weight excluding hydrogens is 180 g/mol.